The summed E-state index contributed by atoms with van der Waals surface area (Å²) in [5.74, 6) is 1.01. The fourth-order valence-electron chi connectivity index (χ4n) is 2.01. The van der Waals surface area contributed by atoms with E-state index in [9.17, 15) is 4.79 Å². The summed E-state index contributed by atoms with van der Waals surface area (Å²) in [5.41, 5.74) is 0.824. The van der Waals surface area contributed by atoms with Gasteiger partial charge in [-0.3, -0.25) is 9.78 Å². The molecule has 0 aliphatic heterocycles. The summed E-state index contributed by atoms with van der Waals surface area (Å²) in [5, 5.41) is 0. The van der Waals surface area contributed by atoms with E-state index in [1.54, 1.807) is 18.5 Å². The van der Waals surface area contributed by atoms with Gasteiger partial charge in [-0.1, -0.05) is 13.8 Å². The molecule has 0 aromatic carbocycles. The van der Waals surface area contributed by atoms with Gasteiger partial charge in [-0.15, -0.1) is 0 Å². The van der Waals surface area contributed by atoms with Crippen molar-refractivity contribution in [2.45, 2.75) is 40.2 Å². The SMILES string of the molecule is CC(C)Oc1cncc(C(=O)C2CC2(C)C)c1. The van der Waals surface area contributed by atoms with Gasteiger partial charge in [0.2, 0.25) is 0 Å². The van der Waals surface area contributed by atoms with Crippen molar-refractivity contribution in [2.75, 3.05) is 0 Å². The van der Waals surface area contributed by atoms with Crippen LogP contribution in [-0.2, 0) is 0 Å². The van der Waals surface area contributed by atoms with Gasteiger partial charge >= 0.3 is 0 Å². The maximum absolute atomic E-state index is 12.2. The lowest BCUT2D eigenvalue weighted by Gasteiger charge is -2.10. The Morgan fingerprint density at radius 2 is 2.12 bits per heavy atom. The monoisotopic (exact) mass is 233 g/mol. The van der Waals surface area contributed by atoms with Crippen LogP contribution in [0.1, 0.15) is 44.5 Å². The standard InChI is InChI=1S/C14H19NO2/c1-9(2)17-11-5-10(7-15-8-11)13(16)12-6-14(12,3)4/h5,7-9,12H,6H2,1-4H3. The van der Waals surface area contributed by atoms with Crippen LogP contribution in [0.4, 0.5) is 0 Å². The highest BCUT2D eigenvalue weighted by Gasteiger charge is 2.50. The highest BCUT2D eigenvalue weighted by Crippen LogP contribution is 2.53. The van der Waals surface area contributed by atoms with E-state index in [4.69, 9.17) is 4.74 Å². The second-order valence-electron chi connectivity index (χ2n) is 5.69. The number of aromatic nitrogens is 1. The molecule has 3 nitrogen and oxygen atoms in total. The van der Waals surface area contributed by atoms with Crippen molar-refractivity contribution >= 4 is 5.78 Å². The lowest BCUT2D eigenvalue weighted by molar-refractivity contribution is 0.0952. The Kier molecular flexibility index (Phi) is 2.94. The maximum Gasteiger partial charge on any atom is 0.168 e. The predicted molar refractivity (Wildman–Crippen MR) is 66.2 cm³/mol. The van der Waals surface area contributed by atoms with Gasteiger partial charge in [-0.05, 0) is 31.7 Å². The van der Waals surface area contributed by atoms with Crippen LogP contribution in [0.5, 0.6) is 5.75 Å². The zero-order valence-corrected chi connectivity index (χ0v) is 10.9. The molecule has 1 atom stereocenters. The quantitative estimate of drug-likeness (QED) is 0.750. The highest BCUT2D eigenvalue weighted by atomic mass is 16.5. The fraction of sp³-hybridized carbons (Fsp3) is 0.571. The van der Waals surface area contributed by atoms with Crippen LogP contribution < -0.4 is 4.74 Å². The lowest BCUT2D eigenvalue weighted by Crippen LogP contribution is -2.09. The first-order valence-corrected chi connectivity index (χ1v) is 6.06. The summed E-state index contributed by atoms with van der Waals surface area (Å²) in [4.78, 5) is 16.2. The van der Waals surface area contributed by atoms with E-state index >= 15 is 0 Å². The van der Waals surface area contributed by atoms with Gasteiger partial charge in [0.25, 0.3) is 0 Å². The summed E-state index contributed by atoms with van der Waals surface area (Å²) in [6.07, 6.45) is 4.35. The predicted octanol–water partition coefficient (Wildman–Crippen LogP) is 3.10. The van der Waals surface area contributed by atoms with Crippen molar-refractivity contribution in [2.24, 2.45) is 11.3 Å². The first-order valence-electron chi connectivity index (χ1n) is 6.06. The van der Waals surface area contributed by atoms with Crippen molar-refractivity contribution in [1.29, 1.82) is 0 Å². The van der Waals surface area contributed by atoms with Crippen LogP contribution in [-0.4, -0.2) is 16.9 Å². The molecule has 1 fully saturated rings. The number of nitrogens with zero attached hydrogens (tertiary/aromatic N) is 1. The molecule has 17 heavy (non-hydrogen) atoms. The van der Waals surface area contributed by atoms with Crippen LogP contribution >= 0.6 is 0 Å². The van der Waals surface area contributed by atoms with Gasteiger partial charge in [-0.25, -0.2) is 0 Å². The molecule has 1 aliphatic carbocycles. The summed E-state index contributed by atoms with van der Waals surface area (Å²) >= 11 is 0. The Morgan fingerprint density at radius 1 is 1.47 bits per heavy atom. The zero-order valence-electron chi connectivity index (χ0n) is 10.9. The number of hydrogen-bond acceptors (Lipinski definition) is 3. The van der Waals surface area contributed by atoms with E-state index in [0.717, 1.165) is 6.42 Å². The minimum Gasteiger partial charge on any atom is -0.489 e. The fourth-order valence-corrected chi connectivity index (χ4v) is 2.01. The molecule has 1 aliphatic rings. The van der Waals surface area contributed by atoms with Crippen LogP contribution in [0.3, 0.4) is 0 Å². The van der Waals surface area contributed by atoms with Crippen molar-refractivity contribution < 1.29 is 9.53 Å². The number of carbonyl (C=O) groups is 1. The highest BCUT2D eigenvalue weighted by molar-refractivity contribution is 6.00. The molecule has 1 unspecified atom stereocenters. The molecule has 3 heteroatoms. The summed E-state index contributed by atoms with van der Waals surface area (Å²) in [6.45, 7) is 8.16. The molecule has 0 spiro atoms. The molecule has 2 rings (SSSR count). The minimum atomic E-state index is 0.0968. The van der Waals surface area contributed by atoms with Crippen LogP contribution in [0, 0.1) is 11.3 Å². The van der Waals surface area contributed by atoms with Crippen LogP contribution in [0.15, 0.2) is 18.5 Å². The van der Waals surface area contributed by atoms with Gasteiger partial charge in [0.1, 0.15) is 5.75 Å². The first kappa shape index (κ1) is 12.1. The van der Waals surface area contributed by atoms with Gasteiger partial charge < -0.3 is 4.74 Å². The third-order valence-electron chi connectivity index (χ3n) is 3.20. The second-order valence-corrected chi connectivity index (χ2v) is 5.69. The smallest absolute Gasteiger partial charge is 0.168 e. The number of pyridine rings is 1. The molecule has 0 amide bonds. The van der Waals surface area contributed by atoms with Crippen molar-refractivity contribution in [3.63, 3.8) is 0 Å². The topological polar surface area (TPSA) is 39.2 Å². The van der Waals surface area contributed by atoms with Gasteiger partial charge in [-0.2, -0.15) is 0 Å². The second kappa shape index (κ2) is 4.13. The molecule has 92 valence electrons. The molecule has 0 N–H and O–H groups in total. The number of ether oxygens (including phenoxy) is 1. The summed E-state index contributed by atoms with van der Waals surface area (Å²) in [6, 6.07) is 1.80. The van der Waals surface area contributed by atoms with E-state index in [0.29, 0.717) is 11.3 Å². The molecule has 1 aromatic heterocycles. The van der Waals surface area contributed by atoms with E-state index in [-0.39, 0.29) is 23.2 Å². The first-order chi connectivity index (χ1) is 7.90. The Labute approximate surface area is 102 Å². The molecular formula is C14H19NO2. The maximum atomic E-state index is 12.2. The van der Waals surface area contributed by atoms with E-state index in [1.165, 1.54) is 0 Å². The lowest BCUT2D eigenvalue weighted by atomic mass is 10.0. The van der Waals surface area contributed by atoms with Crippen molar-refractivity contribution in [1.82, 2.24) is 4.98 Å². The number of carbonyl (C=O) groups excluding carboxylic acids is 1. The van der Waals surface area contributed by atoms with Gasteiger partial charge in [0.15, 0.2) is 5.78 Å². The van der Waals surface area contributed by atoms with Crippen molar-refractivity contribution in [3.05, 3.63) is 24.0 Å². The third-order valence-corrected chi connectivity index (χ3v) is 3.20. The Hall–Kier alpha value is -1.38. The van der Waals surface area contributed by atoms with E-state index in [1.807, 2.05) is 13.8 Å². The largest absolute Gasteiger partial charge is 0.489 e. The number of ketones is 1. The molecule has 1 heterocycles. The van der Waals surface area contributed by atoms with Crippen LogP contribution in [0.25, 0.3) is 0 Å². The van der Waals surface area contributed by atoms with E-state index < -0.39 is 0 Å². The Morgan fingerprint density at radius 3 is 2.65 bits per heavy atom. The zero-order chi connectivity index (χ0) is 12.6. The average molecular weight is 233 g/mol. The van der Waals surface area contributed by atoms with Gasteiger partial charge in [0.05, 0.1) is 12.3 Å². The van der Waals surface area contributed by atoms with Gasteiger partial charge in [0, 0.05) is 17.7 Å². The molecule has 0 bridgehead atoms. The third kappa shape index (κ3) is 2.65. The molecule has 0 saturated heterocycles. The van der Waals surface area contributed by atoms with Crippen molar-refractivity contribution in [3.8, 4) is 5.75 Å². The molecule has 0 radical (unpaired) electrons. The summed E-state index contributed by atoms with van der Waals surface area (Å²) < 4.78 is 5.54. The molecular weight excluding hydrogens is 214 g/mol. The van der Waals surface area contributed by atoms with Crippen LogP contribution in [0.2, 0.25) is 0 Å². The molecule has 1 aromatic rings. The summed E-state index contributed by atoms with van der Waals surface area (Å²) in [7, 11) is 0. The minimum absolute atomic E-state index is 0.0968. The van der Waals surface area contributed by atoms with E-state index in [2.05, 4.69) is 18.8 Å². The molecule has 1 saturated carbocycles. The number of hydrogen-bond donors (Lipinski definition) is 0. The Balaban J connectivity index is 2.14. The number of rotatable bonds is 4. The normalized spacial score (nSPS) is 21.4. The average Bonchev–Trinajstić information content (AvgIpc) is 2.86. The Bertz CT molecular complexity index is 438. The number of Topliss-reactive ketones (excluding diaryl/α,β-unsaturated/α-hetero) is 1.